The molecule has 26 nitrogen and oxygen atoms in total. The molecule has 0 radical (unpaired) electrons. The number of ether oxygens (including phenoxy) is 8. The van der Waals surface area contributed by atoms with Crippen molar-refractivity contribution in [3.05, 3.63) is 101 Å². The third kappa shape index (κ3) is 94.8. The van der Waals surface area contributed by atoms with Crippen LogP contribution in [0.15, 0.2) is 101 Å². The first-order valence-electron chi connectivity index (χ1n) is 46.5. The fourth-order valence-electron chi connectivity index (χ4n) is 11.5. The first kappa shape index (κ1) is 133. The van der Waals surface area contributed by atoms with Gasteiger partial charge in [-0.1, -0.05) is 365 Å². The van der Waals surface area contributed by atoms with Crippen molar-refractivity contribution in [2.75, 3.05) is 52.9 Å². The summed E-state index contributed by atoms with van der Waals surface area (Å²) in [5.74, 6) is -7.57. The van der Waals surface area contributed by atoms with E-state index in [1.54, 1.807) is 27.7 Å². The van der Waals surface area contributed by atoms with Crippen molar-refractivity contribution in [2.45, 2.75) is 389 Å². The van der Waals surface area contributed by atoms with Gasteiger partial charge in [0.25, 0.3) is 25.2 Å². The maximum absolute atomic E-state index is 11.7. The van der Waals surface area contributed by atoms with Gasteiger partial charge < -0.3 is 86.2 Å². The van der Waals surface area contributed by atoms with Crippen LogP contribution in [0.4, 0.5) is 0 Å². The third-order valence-corrected chi connectivity index (χ3v) is 21.1. The topological polar surface area (TPSA) is 374 Å². The number of aliphatic hydroxyl groups is 4. The van der Waals surface area contributed by atoms with Crippen LogP contribution in [0.5, 0.6) is 0 Å². The number of carbonyl (C=O) groups is 8. The molecule has 125 heavy (non-hydrogen) atoms. The summed E-state index contributed by atoms with van der Waals surface area (Å²) >= 11 is 0. The van der Waals surface area contributed by atoms with Gasteiger partial charge in [0.05, 0.1) is 93.7 Å². The zero-order valence-corrected chi connectivity index (χ0v) is 82.0. The van der Waals surface area contributed by atoms with E-state index in [-0.39, 0.29) is 48.1 Å². The second-order valence-corrected chi connectivity index (χ2v) is 31.9. The number of rotatable bonds is 80. The van der Waals surface area contributed by atoms with E-state index in [0.717, 1.165) is 74.3 Å². The second kappa shape index (κ2) is 106. The number of hydrogen-bond acceptors (Lipinski definition) is 26. The van der Waals surface area contributed by atoms with Gasteiger partial charge in [-0.2, -0.15) is 0 Å². The average Bonchev–Trinajstić information content (AvgIpc) is 0.922. The molecule has 0 saturated carbocycles. The Hall–Kier alpha value is -5.15. The van der Waals surface area contributed by atoms with Crippen molar-refractivity contribution in [3.63, 3.8) is 0 Å². The van der Waals surface area contributed by atoms with Gasteiger partial charge in [-0.25, -0.2) is 38.4 Å². The zero-order chi connectivity index (χ0) is 94.1. The number of unbranched alkanes of at least 4 members (excludes halogenated alkanes) is 40. The minimum Gasteiger partial charge on any atom is -0.786 e. The first-order chi connectivity index (χ1) is 59.9. The van der Waals surface area contributed by atoms with Gasteiger partial charge in [-0.05, 0) is 51.4 Å². The molecule has 4 N–H and O–H groups in total. The predicted molar refractivity (Wildman–Crippen MR) is 492 cm³/mol. The molecule has 0 aliphatic heterocycles. The van der Waals surface area contributed by atoms with Gasteiger partial charge in [0.15, 0.2) is 0 Å². The van der Waals surface area contributed by atoms with Gasteiger partial charge in [-0.15, -0.1) is 0 Å². The maximum Gasteiger partial charge on any atom is 2.00 e. The number of aliphatic hydroxyl groups excluding tert-OH is 4. The second-order valence-electron chi connectivity index (χ2n) is 29.9. The first-order valence-corrected chi connectivity index (χ1v) is 48.7. The number of hydrogen-bond donors (Lipinski definition) is 4. The molecule has 0 bridgehead atoms. The monoisotopic (exact) mass is 1850 g/mol. The average molecular weight is 1850 g/mol. The Morgan fingerprint density at radius 1 is 0.232 bits per heavy atom. The van der Waals surface area contributed by atoms with Crippen LogP contribution in [0.3, 0.4) is 0 Å². The van der Waals surface area contributed by atoms with E-state index in [1.807, 2.05) is 0 Å². The quantitative estimate of drug-likeness (QED) is 0.00835. The molecule has 0 fully saturated rings. The van der Waals surface area contributed by atoms with Gasteiger partial charge in [0, 0.05) is 48.6 Å². The zero-order valence-electron chi connectivity index (χ0n) is 78.7. The van der Waals surface area contributed by atoms with Crippen molar-refractivity contribution in [1.29, 1.82) is 0 Å². The Morgan fingerprint density at radius 2 is 0.344 bits per heavy atom. The van der Waals surface area contributed by atoms with Crippen LogP contribution in [0, 0.1) is 23.7 Å². The van der Waals surface area contributed by atoms with Crippen LogP contribution in [0.2, 0.25) is 0 Å². The Balaban J connectivity index is -0.000000274. The fraction of sp³-hybridized carbons (Fsp3) is 0.750. The molecular formula is C96H172O26P2Ti. The van der Waals surface area contributed by atoms with Crippen LogP contribution in [0.1, 0.15) is 364 Å². The van der Waals surface area contributed by atoms with Crippen molar-refractivity contribution >= 4 is 65.0 Å². The smallest absolute Gasteiger partial charge is 0.786 e. The van der Waals surface area contributed by atoms with Gasteiger partial charge in [-0.3, -0.25) is 0 Å². The molecule has 0 heterocycles. The summed E-state index contributed by atoms with van der Waals surface area (Å²) in [4.78, 5) is 111. The molecule has 0 aromatic rings. The van der Waals surface area contributed by atoms with Crippen LogP contribution in [-0.2, 0) is 116 Å². The van der Waals surface area contributed by atoms with E-state index in [0.29, 0.717) is 52.1 Å². The summed E-state index contributed by atoms with van der Waals surface area (Å²) in [5, 5.41) is 36.1. The van der Waals surface area contributed by atoms with Crippen LogP contribution >= 0.6 is 17.2 Å². The largest absolute Gasteiger partial charge is 2.00 e. The SMILES string of the molecule is C=CC(=O)OC(OC(=O)C=C)C(CC)CO.C=CC(=O)OC(OC(=O)C=C)C(CC)CO.C=CC(=O)OC(OC(=O)C=C)C(CC)CO.C=CC(=O)OC(OC(=O)C=C)C(CC)CO.CCCCCCCCCCCCCOP([O-])OCCCCCCCCCCCCC.CCCCCCCCCCCCCOP([O-])OCCCCCCCCCCCCC.[Ti+2]. The van der Waals surface area contributed by atoms with Gasteiger partial charge in [0.2, 0.25) is 0 Å². The van der Waals surface area contributed by atoms with Crippen molar-refractivity contribution in [1.82, 2.24) is 0 Å². The third-order valence-electron chi connectivity index (χ3n) is 19.5. The van der Waals surface area contributed by atoms with E-state index < -0.39 is 114 Å². The molecule has 726 valence electrons. The summed E-state index contributed by atoms with van der Waals surface area (Å²) in [7, 11) is -3.81. The Morgan fingerprint density at radius 3 is 0.440 bits per heavy atom. The molecule has 0 amide bonds. The molecule has 0 aromatic heterocycles. The van der Waals surface area contributed by atoms with E-state index in [2.05, 4.69) is 80.3 Å². The molecule has 0 aromatic carbocycles. The molecule has 0 aliphatic rings. The van der Waals surface area contributed by atoms with Crippen molar-refractivity contribution in [3.8, 4) is 0 Å². The Kier molecular flexibility index (Phi) is 113. The summed E-state index contributed by atoms with van der Waals surface area (Å²) in [6.07, 6.45) is 63.1. The number of carbonyl (C=O) groups excluding carboxylic acids is 8. The standard InChI is InChI=1S/2C26H54O3P.4C11H16O5.Ti/c2*1-3-5-7-9-11-13-15-17-19-21-23-25-28-30(27)29-26-24-22-20-18-16-14-12-10-8-6-4-2;4*1-4-8(7-12)11(15-9(13)5-2)16-10(14)6-3;/h2*3-26H2,1-2H3;4*5-6,8,11-12H,2-4,7H2,1H3;/q2*-1;;;;;+2. The van der Waals surface area contributed by atoms with E-state index >= 15 is 0 Å². The Labute approximate surface area is 773 Å². The molecule has 0 spiro atoms. The van der Waals surface area contributed by atoms with Gasteiger partial charge in [0.1, 0.15) is 0 Å². The molecule has 0 aliphatic carbocycles. The number of esters is 8. The molecular weight excluding hydrogens is 1680 g/mol. The molecule has 4 atom stereocenters. The van der Waals surface area contributed by atoms with E-state index in [9.17, 15) is 48.1 Å². The summed E-state index contributed by atoms with van der Waals surface area (Å²) in [5.41, 5.74) is 0. The molecule has 4 unspecified atom stereocenters. The van der Waals surface area contributed by atoms with Crippen molar-refractivity contribution in [2.24, 2.45) is 23.7 Å². The van der Waals surface area contributed by atoms with Crippen LogP contribution in [-0.4, -0.2) is 146 Å². The minimum absolute atomic E-state index is 0. The molecule has 0 rings (SSSR count). The molecule has 29 heteroatoms. The van der Waals surface area contributed by atoms with Crippen LogP contribution in [0.25, 0.3) is 0 Å². The Bertz CT molecular complexity index is 2140. The van der Waals surface area contributed by atoms with Crippen LogP contribution < -0.4 is 9.79 Å². The summed E-state index contributed by atoms with van der Waals surface area (Å²) < 4.78 is 59.7. The fourth-order valence-corrected chi connectivity index (χ4v) is 12.8. The maximum atomic E-state index is 11.7. The van der Waals surface area contributed by atoms with Crippen molar-refractivity contribution < 1.29 is 146 Å². The predicted octanol–water partition coefficient (Wildman–Crippen LogP) is 21.6. The normalized spacial score (nSPS) is 11.6. The van der Waals surface area contributed by atoms with E-state index in [1.165, 1.54) is 257 Å². The molecule has 0 saturated heterocycles. The summed E-state index contributed by atoms with van der Waals surface area (Å²) in [6.45, 7) is 43.3. The van der Waals surface area contributed by atoms with Gasteiger partial charge >= 0.3 is 69.5 Å². The minimum atomic E-state index is -1.91. The van der Waals surface area contributed by atoms with E-state index in [4.69, 9.17) is 76.4 Å². The summed E-state index contributed by atoms with van der Waals surface area (Å²) in [6, 6.07) is 0.